The van der Waals surface area contributed by atoms with Crippen LogP contribution in [0.1, 0.15) is 37.8 Å². The van der Waals surface area contributed by atoms with Crippen molar-refractivity contribution < 1.29 is 9.47 Å². The van der Waals surface area contributed by atoms with Crippen molar-refractivity contribution in [1.82, 2.24) is 5.32 Å². The molecule has 0 aliphatic carbocycles. The molecule has 1 fully saturated rings. The zero-order chi connectivity index (χ0) is 14.4. The Hall–Kier alpha value is -0.770. The molecule has 1 aromatic rings. The lowest BCUT2D eigenvalue weighted by Gasteiger charge is -2.32. The van der Waals surface area contributed by atoms with Gasteiger partial charge in [0.05, 0.1) is 13.7 Å². The van der Waals surface area contributed by atoms with Gasteiger partial charge in [-0.15, -0.1) is 0 Å². The first-order valence-corrected chi connectivity index (χ1v) is 7.78. The first kappa shape index (κ1) is 15.6. The van der Waals surface area contributed by atoms with Crippen molar-refractivity contribution in [2.45, 2.75) is 32.2 Å². The highest BCUT2D eigenvalue weighted by molar-refractivity contribution is 6.30. The highest BCUT2D eigenvalue weighted by atomic mass is 35.5. The molecular formula is C16H24ClNO2. The van der Waals surface area contributed by atoms with Crippen LogP contribution in [-0.4, -0.2) is 26.9 Å². The van der Waals surface area contributed by atoms with Crippen molar-refractivity contribution in [3.8, 4) is 5.75 Å². The van der Waals surface area contributed by atoms with Gasteiger partial charge in [-0.1, -0.05) is 18.5 Å². The third-order valence-electron chi connectivity index (χ3n) is 3.81. The second kappa shape index (κ2) is 7.87. The molecule has 0 bridgehead atoms. The summed E-state index contributed by atoms with van der Waals surface area (Å²) in [4.78, 5) is 0. The van der Waals surface area contributed by atoms with Crippen LogP contribution in [0.15, 0.2) is 18.2 Å². The SMILES string of the molecule is CCCNC(c1cc(Cl)ccc1OC)C1CCCOC1. The predicted octanol–water partition coefficient (Wildman–Crippen LogP) is 3.82. The quantitative estimate of drug-likeness (QED) is 0.866. The molecule has 1 N–H and O–H groups in total. The lowest BCUT2D eigenvalue weighted by atomic mass is 9.88. The molecule has 0 spiro atoms. The van der Waals surface area contributed by atoms with Crippen molar-refractivity contribution in [2.24, 2.45) is 5.92 Å². The van der Waals surface area contributed by atoms with E-state index < -0.39 is 0 Å². The predicted molar refractivity (Wildman–Crippen MR) is 82.6 cm³/mol. The number of methoxy groups -OCH3 is 1. The molecule has 2 unspecified atom stereocenters. The molecule has 1 aromatic carbocycles. The van der Waals surface area contributed by atoms with Crippen LogP contribution in [-0.2, 0) is 4.74 Å². The first-order chi connectivity index (χ1) is 9.76. The van der Waals surface area contributed by atoms with Gasteiger partial charge in [0.2, 0.25) is 0 Å². The van der Waals surface area contributed by atoms with Crippen molar-refractivity contribution in [3.05, 3.63) is 28.8 Å². The lowest BCUT2D eigenvalue weighted by Crippen LogP contribution is -2.34. The summed E-state index contributed by atoms with van der Waals surface area (Å²) >= 11 is 6.18. The standard InChI is InChI=1S/C16H24ClNO2/c1-3-8-18-16(12-5-4-9-20-11-12)14-10-13(17)6-7-15(14)19-2/h6-7,10,12,16,18H,3-5,8-9,11H2,1-2H3. The van der Waals surface area contributed by atoms with Crippen LogP contribution in [0.4, 0.5) is 0 Å². The van der Waals surface area contributed by atoms with E-state index in [-0.39, 0.29) is 6.04 Å². The van der Waals surface area contributed by atoms with Crippen LogP contribution in [0.2, 0.25) is 5.02 Å². The maximum atomic E-state index is 6.18. The molecule has 2 rings (SSSR count). The van der Waals surface area contributed by atoms with E-state index in [4.69, 9.17) is 21.1 Å². The average molecular weight is 298 g/mol. The summed E-state index contributed by atoms with van der Waals surface area (Å²) in [7, 11) is 1.71. The van der Waals surface area contributed by atoms with Gasteiger partial charge in [0.25, 0.3) is 0 Å². The van der Waals surface area contributed by atoms with E-state index in [0.717, 1.165) is 48.9 Å². The topological polar surface area (TPSA) is 30.5 Å². The second-order valence-corrected chi connectivity index (χ2v) is 5.73. The van der Waals surface area contributed by atoms with Gasteiger partial charge in [-0.05, 0) is 44.0 Å². The molecule has 1 saturated heterocycles. The summed E-state index contributed by atoms with van der Waals surface area (Å²) in [5, 5.41) is 4.39. The maximum absolute atomic E-state index is 6.18. The van der Waals surface area contributed by atoms with Crippen LogP contribution >= 0.6 is 11.6 Å². The molecule has 0 saturated carbocycles. The molecule has 112 valence electrons. The highest BCUT2D eigenvalue weighted by Gasteiger charge is 2.27. The summed E-state index contributed by atoms with van der Waals surface area (Å²) in [6.45, 7) is 4.84. The Morgan fingerprint density at radius 3 is 3.00 bits per heavy atom. The molecule has 0 aromatic heterocycles. The Morgan fingerprint density at radius 2 is 2.35 bits per heavy atom. The van der Waals surface area contributed by atoms with Gasteiger partial charge in [-0.2, -0.15) is 0 Å². The van der Waals surface area contributed by atoms with Crippen molar-refractivity contribution in [3.63, 3.8) is 0 Å². The molecule has 0 amide bonds. The molecule has 3 nitrogen and oxygen atoms in total. The van der Waals surface area contributed by atoms with Gasteiger partial charge in [-0.3, -0.25) is 0 Å². The lowest BCUT2D eigenvalue weighted by molar-refractivity contribution is 0.0387. The molecule has 1 heterocycles. The third kappa shape index (κ3) is 3.87. The summed E-state index contributed by atoms with van der Waals surface area (Å²) in [5.41, 5.74) is 1.14. The number of ether oxygens (including phenoxy) is 2. The molecule has 2 atom stereocenters. The van der Waals surface area contributed by atoms with Gasteiger partial charge in [0.1, 0.15) is 5.75 Å². The Kier molecular flexibility index (Phi) is 6.14. The van der Waals surface area contributed by atoms with Crippen molar-refractivity contribution in [1.29, 1.82) is 0 Å². The number of rotatable bonds is 6. The largest absolute Gasteiger partial charge is 0.496 e. The smallest absolute Gasteiger partial charge is 0.123 e. The number of nitrogens with one attached hydrogen (secondary N) is 1. The van der Waals surface area contributed by atoms with Gasteiger partial charge in [-0.25, -0.2) is 0 Å². The Balaban J connectivity index is 2.26. The van der Waals surface area contributed by atoms with E-state index in [9.17, 15) is 0 Å². The van der Waals surface area contributed by atoms with Gasteiger partial charge < -0.3 is 14.8 Å². The molecular weight excluding hydrogens is 274 g/mol. The van der Waals surface area contributed by atoms with Gasteiger partial charge >= 0.3 is 0 Å². The number of hydrogen-bond acceptors (Lipinski definition) is 3. The van der Waals surface area contributed by atoms with E-state index in [2.05, 4.69) is 12.2 Å². The molecule has 4 heteroatoms. The molecule has 20 heavy (non-hydrogen) atoms. The van der Waals surface area contributed by atoms with E-state index in [1.807, 2.05) is 18.2 Å². The van der Waals surface area contributed by atoms with Crippen LogP contribution < -0.4 is 10.1 Å². The highest BCUT2D eigenvalue weighted by Crippen LogP contribution is 2.35. The Bertz CT molecular complexity index is 419. The zero-order valence-corrected chi connectivity index (χ0v) is 13.1. The van der Waals surface area contributed by atoms with Crippen LogP contribution in [0.5, 0.6) is 5.75 Å². The zero-order valence-electron chi connectivity index (χ0n) is 12.3. The van der Waals surface area contributed by atoms with Gasteiger partial charge in [0, 0.05) is 29.2 Å². The summed E-state index contributed by atoms with van der Waals surface area (Å²) in [6, 6.07) is 6.08. The fraction of sp³-hybridized carbons (Fsp3) is 0.625. The Labute approximate surface area is 126 Å². The number of halogens is 1. The fourth-order valence-electron chi connectivity index (χ4n) is 2.81. The first-order valence-electron chi connectivity index (χ1n) is 7.40. The number of hydrogen-bond donors (Lipinski definition) is 1. The monoisotopic (exact) mass is 297 g/mol. The molecule has 1 aliphatic heterocycles. The minimum Gasteiger partial charge on any atom is -0.496 e. The molecule has 0 radical (unpaired) electrons. The second-order valence-electron chi connectivity index (χ2n) is 5.30. The summed E-state index contributed by atoms with van der Waals surface area (Å²) in [5.74, 6) is 1.37. The van der Waals surface area contributed by atoms with E-state index in [1.165, 1.54) is 6.42 Å². The van der Waals surface area contributed by atoms with Crippen LogP contribution in [0, 0.1) is 5.92 Å². The van der Waals surface area contributed by atoms with Crippen LogP contribution in [0.3, 0.4) is 0 Å². The van der Waals surface area contributed by atoms with Crippen LogP contribution in [0.25, 0.3) is 0 Å². The third-order valence-corrected chi connectivity index (χ3v) is 4.04. The van der Waals surface area contributed by atoms with Gasteiger partial charge in [0.15, 0.2) is 0 Å². The van der Waals surface area contributed by atoms with E-state index in [1.54, 1.807) is 7.11 Å². The normalized spacial score (nSPS) is 20.6. The van der Waals surface area contributed by atoms with Crippen molar-refractivity contribution in [2.75, 3.05) is 26.9 Å². The minimum atomic E-state index is 0.240. The van der Waals surface area contributed by atoms with Crippen molar-refractivity contribution >= 4 is 11.6 Å². The minimum absolute atomic E-state index is 0.240. The van der Waals surface area contributed by atoms with E-state index >= 15 is 0 Å². The average Bonchev–Trinajstić information content (AvgIpc) is 2.49. The number of benzene rings is 1. The Morgan fingerprint density at radius 1 is 1.50 bits per heavy atom. The summed E-state index contributed by atoms with van der Waals surface area (Å²) < 4.78 is 11.2. The fourth-order valence-corrected chi connectivity index (χ4v) is 2.99. The van der Waals surface area contributed by atoms with E-state index in [0.29, 0.717) is 5.92 Å². The summed E-state index contributed by atoms with van der Waals surface area (Å²) in [6.07, 6.45) is 3.40. The maximum Gasteiger partial charge on any atom is 0.123 e. The molecule has 1 aliphatic rings.